The van der Waals surface area contributed by atoms with Crippen LogP contribution < -0.4 is 0 Å². The molecule has 0 unspecified atom stereocenters. The van der Waals surface area contributed by atoms with E-state index in [1.54, 1.807) is 0 Å². The first-order valence-corrected chi connectivity index (χ1v) is 19.8. The van der Waals surface area contributed by atoms with Crippen molar-refractivity contribution in [3.05, 3.63) is 194 Å². The average molecular weight is 741 g/mol. The third-order valence-corrected chi connectivity index (χ3v) is 12.1. The molecule has 4 heteroatoms. The molecule has 13 rings (SSSR count). The summed E-state index contributed by atoms with van der Waals surface area (Å²) >= 11 is 0. The van der Waals surface area contributed by atoms with Crippen LogP contribution in [0.25, 0.3) is 121 Å². The van der Waals surface area contributed by atoms with Crippen LogP contribution >= 0.6 is 0 Å². The zero-order chi connectivity index (χ0) is 37.9. The highest BCUT2D eigenvalue weighted by Gasteiger charge is 2.24. The van der Waals surface area contributed by atoms with Gasteiger partial charge in [-0.2, -0.15) is 0 Å². The molecule has 13 aromatic rings. The van der Waals surface area contributed by atoms with Crippen LogP contribution in [0.3, 0.4) is 0 Å². The minimum Gasteiger partial charge on any atom is -0.456 e. The van der Waals surface area contributed by atoms with Crippen LogP contribution in [0.4, 0.5) is 0 Å². The molecular formula is C54H32N2O2. The predicted octanol–water partition coefficient (Wildman–Crippen LogP) is 15.0. The van der Waals surface area contributed by atoms with E-state index >= 15 is 0 Å². The molecule has 4 heterocycles. The van der Waals surface area contributed by atoms with Gasteiger partial charge >= 0.3 is 0 Å². The number of nitrogens with zero attached hydrogens (tertiary/aromatic N) is 2. The van der Waals surface area contributed by atoms with Crippen LogP contribution in [0.1, 0.15) is 0 Å². The Hall–Kier alpha value is -7.82. The smallest absolute Gasteiger partial charge is 0.143 e. The Balaban J connectivity index is 1.20. The monoisotopic (exact) mass is 740 g/mol. The van der Waals surface area contributed by atoms with E-state index in [1.165, 1.54) is 27.1 Å². The molecule has 58 heavy (non-hydrogen) atoms. The molecule has 0 aliphatic rings. The van der Waals surface area contributed by atoms with Gasteiger partial charge in [-0.3, -0.25) is 0 Å². The summed E-state index contributed by atoms with van der Waals surface area (Å²) in [5.41, 5.74) is 14.8. The standard InChI is InChI=1S/C54H32N2O2/c1-2-14-33(15-3-1)55-47-24-8-5-17-36(47)45-31-43(42-23-13-22-41-37-18-6-11-27-51(37)58-54(41)42)44(32-49(45)55)40-21-12-20-39-35-16-4-9-25-48(35)56(53(39)40)34-28-29-52-46(30-34)38-19-7-10-26-50(38)57-52/h1-32H. The molecule has 0 spiro atoms. The molecule has 0 N–H and O–H groups in total. The lowest BCUT2D eigenvalue weighted by molar-refractivity contribution is 0.669. The quantitative estimate of drug-likeness (QED) is 0.180. The maximum atomic E-state index is 6.78. The van der Waals surface area contributed by atoms with Gasteiger partial charge in [0.1, 0.15) is 22.3 Å². The van der Waals surface area contributed by atoms with Gasteiger partial charge in [0.05, 0.1) is 22.1 Å². The molecule has 4 aromatic heterocycles. The number of furan rings is 2. The highest BCUT2D eigenvalue weighted by Crippen LogP contribution is 2.47. The van der Waals surface area contributed by atoms with E-state index in [4.69, 9.17) is 8.83 Å². The van der Waals surface area contributed by atoms with Crippen LogP contribution in [0.5, 0.6) is 0 Å². The van der Waals surface area contributed by atoms with Crippen LogP contribution in [0.15, 0.2) is 203 Å². The van der Waals surface area contributed by atoms with Crippen molar-refractivity contribution < 1.29 is 8.83 Å². The highest BCUT2D eigenvalue weighted by molar-refractivity contribution is 6.19. The number of rotatable bonds is 4. The average Bonchev–Trinajstić information content (AvgIpc) is 4.03. The molecule has 0 aliphatic carbocycles. The van der Waals surface area contributed by atoms with Gasteiger partial charge in [-0.15, -0.1) is 0 Å². The van der Waals surface area contributed by atoms with Crippen LogP contribution in [0.2, 0.25) is 0 Å². The van der Waals surface area contributed by atoms with Crippen molar-refractivity contribution in [2.45, 2.75) is 0 Å². The summed E-state index contributed by atoms with van der Waals surface area (Å²) in [7, 11) is 0. The van der Waals surface area contributed by atoms with Crippen molar-refractivity contribution in [2.75, 3.05) is 0 Å². The molecule has 0 saturated carbocycles. The SMILES string of the molecule is c1ccc(-n2c3ccccc3c3cc(-c4cccc5c4oc4ccccc45)c(-c4cccc5c6ccccc6n(-c6ccc7oc8ccccc8c7c6)c45)cc32)cc1. The molecule has 0 saturated heterocycles. The molecule has 0 bridgehead atoms. The largest absolute Gasteiger partial charge is 0.456 e. The maximum Gasteiger partial charge on any atom is 0.143 e. The second-order valence-corrected chi connectivity index (χ2v) is 15.2. The normalized spacial score (nSPS) is 12.1. The number of hydrogen-bond acceptors (Lipinski definition) is 2. The highest BCUT2D eigenvalue weighted by atomic mass is 16.3. The minimum absolute atomic E-state index is 0.881. The fourth-order valence-electron chi connectivity index (χ4n) is 9.63. The molecule has 0 aliphatic heterocycles. The maximum absolute atomic E-state index is 6.78. The number of para-hydroxylation sites is 7. The zero-order valence-electron chi connectivity index (χ0n) is 31.2. The molecule has 0 atom stereocenters. The molecule has 0 fully saturated rings. The van der Waals surface area contributed by atoms with Crippen LogP contribution in [-0.2, 0) is 0 Å². The minimum atomic E-state index is 0.881. The van der Waals surface area contributed by atoms with Gasteiger partial charge in [-0.05, 0) is 77.9 Å². The predicted molar refractivity (Wildman–Crippen MR) is 241 cm³/mol. The summed E-state index contributed by atoms with van der Waals surface area (Å²) in [5, 5.41) is 9.24. The summed E-state index contributed by atoms with van der Waals surface area (Å²) in [6.45, 7) is 0. The van der Waals surface area contributed by atoms with Gasteiger partial charge in [0.15, 0.2) is 0 Å². The Kier molecular flexibility index (Phi) is 6.41. The lowest BCUT2D eigenvalue weighted by Crippen LogP contribution is -1.97. The first-order valence-electron chi connectivity index (χ1n) is 19.8. The molecule has 270 valence electrons. The molecular weight excluding hydrogens is 709 g/mol. The van der Waals surface area contributed by atoms with Gasteiger partial charge in [0, 0.05) is 65.6 Å². The van der Waals surface area contributed by atoms with Crippen molar-refractivity contribution in [2.24, 2.45) is 0 Å². The third kappa shape index (κ3) is 4.34. The number of hydrogen-bond donors (Lipinski definition) is 0. The second kappa shape index (κ2) is 11.8. The van der Waals surface area contributed by atoms with Crippen molar-refractivity contribution in [3.8, 4) is 33.6 Å². The summed E-state index contributed by atoms with van der Waals surface area (Å²) in [4.78, 5) is 0. The molecule has 9 aromatic carbocycles. The van der Waals surface area contributed by atoms with Crippen molar-refractivity contribution >= 4 is 87.5 Å². The number of aromatic nitrogens is 2. The Morgan fingerprint density at radius 3 is 1.64 bits per heavy atom. The fourth-order valence-corrected chi connectivity index (χ4v) is 9.63. The molecule has 0 radical (unpaired) electrons. The first-order chi connectivity index (χ1) is 28.8. The summed E-state index contributed by atoms with van der Waals surface area (Å²) < 4.78 is 17.9. The van der Waals surface area contributed by atoms with E-state index in [1.807, 2.05) is 18.2 Å². The summed E-state index contributed by atoms with van der Waals surface area (Å²) in [6, 6.07) is 69.7. The summed E-state index contributed by atoms with van der Waals surface area (Å²) in [6.07, 6.45) is 0. The topological polar surface area (TPSA) is 36.1 Å². The van der Waals surface area contributed by atoms with Crippen LogP contribution in [-0.4, -0.2) is 9.13 Å². The van der Waals surface area contributed by atoms with E-state index in [-0.39, 0.29) is 0 Å². The van der Waals surface area contributed by atoms with Gasteiger partial charge in [-0.25, -0.2) is 0 Å². The van der Waals surface area contributed by atoms with E-state index in [9.17, 15) is 0 Å². The van der Waals surface area contributed by atoms with Crippen molar-refractivity contribution in [1.29, 1.82) is 0 Å². The fraction of sp³-hybridized carbons (Fsp3) is 0. The summed E-state index contributed by atoms with van der Waals surface area (Å²) in [5.74, 6) is 0. The lowest BCUT2D eigenvalue weighted by Gasteiger charge is -2.17. The van der Waals surface area contributed by atoms with Crippen molar-refractivity contribution in [1.82, 2.24) is 9.13 Å². The van der Waals surface area contributed by atoms with E-state index in [2.05, 4.69) is 185 Å². The van der Waals surface area contributed by atoms with E-state index < -0.39 is 0 Å². The van der Waals surface area contributed by atoms with E-state index in [0.29, 0.717) is 0 Å². The Bertz CT molecular complexity index is 3800. The van der Waals surface area contributed by atoms with Gasteiger partial charge in [0.2, 0.25) is 0 Å². The lowest BCUT2D eigenvalue weighted by atomic mass is 9.90. The van der Waals surface area contributed by atoms with Crippen molar-refractivity contribution in [3.63, 3.8) is 0 Å². The second-order valence-electron chi connectivity index (χ2n) is 15.2. The Labute approximate surface area is 332 Å². The molecule has 0 amide bonds. The Morgan fingerprint density at radius 2 is 0.845 bits per heavy atom. The van der Waals surface area contributed by atoms with E-state index in [0.717, 1.165) is 94.1 Å². The number of benzene rings is 9. The first kappa shape index (κ1) is 31.4. The molecule has 4 nitrogen and oxygen atoms in total. The number of fused-ring (bicyclic) bond motifs is 12. The van der Waals surface area contributed by atoms with Gasteiger partial charge < -0.3 is 18.0 Å². The van der Waals surface area contributed by atoms with Crippen LogP contribution in [0, 0.1) is 0 Å². The third-order valence-electron chi connectivity index (χ3n) is 12.1. The van der Waals surface area contributed by atoms with Gasteiger partial charge in [0.25, 0.3) is 0 Å². The van der Waals surface area contributed by atoms with Gasteiger partial charge in [-0.1, -0.05) is 127 Å². The Morgan fingerprint density at radius 1 is 0.276 bits per heavy atom. The zero-order valence-corrected chi connectivity index (χ0v) is 31.2.